The van der Waals surface area contributed by atoms with Gasteiger partial charge in [0.2, 0.25) is 0 Å². The SMILES string of the molecule is CCn1ccnc1CC(NN)c1csc(Br)c1. The topological polar surface area (TPSA) is 55.9 Å². The molecule has 3 N–H and O–H groups in total. The van der Waals surface area contributed by atoms with Gasteiger partial charge in [-0.1, -0.05) is 0 Å². The summed E-state index contributed by atoms with van der Waals surface area (Å²) >= 11 is 5.13. The molecule has 17 heavy (non-hydrogen) atoms. The zero-order valence-electron chi connectivity index (χ0n) is 9.56. The van der Waals surface area contributed by atoms with Gasteiger partial charge in [-0.3, -0.25) is 11.3 Å². The Morgan fingerprint density at radius 3 is 3.06 bits per heavy atom. The number of hydrazine groups is 1. The molecule has 0 amide bonds. The molecule has 2 aromatic rings. The fourth-order valence-electron chi connectivity index (χ4n) is 1.78. The van der Waals surface area contributed by atoms with Crippen molar-refractivity contribution in [2.24, 2.45) is 5.84 Å². The van der Waals surface area contributed by atoms with Gasteiger partial charge in [0.15, 0.2) is 0 Å². The van der Waals surface area contributed by atoms with Gasteiger partial charge >= 0.3 is 0 Å². The third-order valence-corrected chi connectivity index (χ3v) is 4.24. The monoisotopic (exact) mass is 314 g/mol. The third kappa shape index (κ3) is 2.95. The molecule has 2 rings (SSSR count). The van der Waals surface area contributed by atoms with E-state index >= 15 is 0 Å². The minimum Gasteiger partial charge on any atom is -0.335 e. The summed E-state index contributed by atoms with van der Waals surface area (Å²) < 4.78 is 3.25. The van der Waals surface area contributed by atoms with Crippen LogP contribution in [-0.2, 0) is 13.0 Å². The highest BCUT2D eigenvalue weighted by atomic mass is 79.9. The van der Waals surface area contributed by atoms with Crippen LogP contribution in [0.4, 0.5) is 0 Å². The van der Waals surface area contributed by atoms with Crippen LogP contribution in [0.3, 0.4) is 0 Å². The zero-order chi connectivity index (χ0) is 12.3. The van der Waals surface area contributed by atoms with Crippen LogP contribution in [0.25, 0.3) is 0 Å². The van der Waals surface area contributed by atoms with Crippen molar-refractivity contribution >= 4 is 27.3 Å². The van der Waals surface area contributed by atoms with E-state index < -0.39 is 0 Å². The molecule has 0 aromatic carbocycles. The molecule has 0 radical (unpaired) electrons. The Kier molecular flexibility index (Phi) is 4.33. The van der Waals surface area contributed by atoms with E-state index in [2.05, 4.69) is 49.3 Å². The second-order valence-electron chi connectivity index (χ2n) is 3.74. The molecule has 4 nitrogen and oxygen atoms in total. The molecule has 2 aromatic heterocycles. The smallest absolute Gasteiger partial charge is 0.110 e. The molecule has 0 aliphatic rings. The van der Waals surface area contributed by atoms with Crippen molar-refractivity contribution in [3.8, 4) is 0 Å². The van der Waals surface area contributed by atoms with Crippen LogP contribution >= 0.6 is 27.3 Å². The lowest BCUT2D eigenvalue weighted by Gasteiger charge is -2.14. The number of imidazole rings is 1. The van der Waals surface area contributed by atoms with Crippen LogP contribution in [0.1, 0.15) is 24.4 Å². The van der Waals surface area contributed by atoms with Crippen molar-refractivity contribution in [1.29, 1.82) is 0 Å². The Balaban J connectivity index is 2.15. The lowest BCUT2D eigenvalue weighted by molar-refractivity contribution is 0.524. The molecule has 1 atom stereocenters. The summed E-state index contributed by atoms with van der Waals surface area (Å²) in [6, 6.07) is 2.19. The molecule has 0 saturated heterocycles. The summed E-state index contributed by atoms with van der Waals surface area (Å²) in [6.07, 6.45) is 4.61. The number of nitrogens with one attached hydrogen (secondary N) is 1. The van der Waals surface area contributed by atoms with E-state index in [4.69, 9.17) is 5.84 Å². The van der Waals surface area contributed by atoms with Crippen LogP contribution in [0.15, 0.2) is 27.6 Å². The highest BCUT2D eigenvalue weighted by molar-refractivity contribution is 9.11. The second kappa shape index (κ2) is 5.77. The van der Waals surface area contributed by atoms with E-state index in [1.165, 1.54) is 5.56 Å². The van der Waals surface area contributed by atoms with Gasteiger partial charge < -0.3 is 4.57 Å². The molecule has 0 aliphatic carbocycles. The summed E-state index contributed by atoms with van der Waals surface area (Å²) in [5.41, 5.74) is 4.04. The maximum atomic E-state index is 5.62. The van der Waals surface area contributed by atoms with Crippen molar-refractivity contribution in [2.45, 2.75) is 25.9 Å². The average Bonchev–Trinajstić information content (AvgIpc) is 2.94. The number of rotatable bonds is 5. The van der Waals surface area contributed by atoms with Gasteiger partial charge in [0.05, 0.1) is 9.83 Å². The number of aromatic nitrogens is 2. The average molecular weight is 315 g/mol. The Bertz CT molecular complexity index is 479. The highest BCUT2D eigenvalue weighted by Gasteiger charge is 2.14. The van der Waals surface area contributed by atoms with Crippen molar-refractivity contribution < 1.29 is 0 Å². The number of nitrogens with zero attached hydrogens (tertiary/aromatic N) is 2. The van der Waals surface area contributed by atoms with E-state index in [9.17, 15) is 0 Å². The van der Waals surface area contributed by atoms with Gasteiger partial charge in [-0.15, -0.1) is 11.3 Å². The Morgan fingerprint density at radius 1 is 1.65 bits per heavy atom. The fourth-order valence-corrected chi connectivity index (χ4v) is 3.01. The normalized spacial score (nSPS) is 12.9. The molecular weight excluding hydrogens is 300 g/mol. The molecular formula is C11H15BrN4S. The first-order chi connectivity index (χ1) is 8.24. The third-order valence-electron chi connectivity index (χ3n) is 2.72. The van der Waals surface area contributed by atoms with Crippen molar-refractivity contribution in [1.82, 2.24) is 15.0 Å². The highest BCUT2D eigenvalue weighted by Crippen LogP contribution is 2.26. The first-order valence-electron chi connectivity index (χ1n) is 5.44. The van der Waals surface area contributed by atoms with Crippen molar-refractivity contribution in [3.63, 3.8) is 0 Å². The van der Waals surface area contributed by atoms with E-state index in [1.54, 1.807) is 11.3 Å². The van der Waals surface area contributed by atoms with Gasteiger partial charge in [-0.05, 0) is 39.9 Å². The molecule has 0 aliphatic heterocycles. The predicted molar refractivity (Wildman–Crippen MR) is 73.7 cm³/mol. The number of halogens is 1. The standard InChI is InChI=1S/C11H15BrN4S/c1-2-16-4-3-14-11(16)6-9(15-13)8-5-10(12)17-7-8/h3-5,7,9,15H,2,6,13H2,1H3. The molecule has 92 valence electrons. The van der Waals surface area contributed by atoms with Crippen LogP contribution in [0.5, 0.6) is 0 Å². The fraction of sp³-hybridized carbons (Fsp3) is 0.364. The lowest BCUT2D eigenvalue weighted by Crippen LogP contribution is -2.30. The maximum absolute atomic E-state index is 5.62. The summed E-state index contributed by atoms with van der Waals surface area (Å²) in [7, 11) is 0. The first kappa shape index (κ1) is 12.8. The molecule has 0 saturated carbocycles. The largest absolute Gasteiger partial charge is 0.335 e. The summed E-state index contributed by atoms with van der Waals surface area (Å²) in [5.74, 6) is 6.68. The molecule has 0 bridgehead atoms. The van der Waals surface area contributed by atoms with Crippen LogP contribution in [-0.4, -0.2) is 9.55 Å². The van der Waals surface area contributed by atoms with Gasteiger partial charge in [0.1, 0.15) is 5.82 Å². The quantitative estimate of drug-likeness (QED) is 0.658. The summed E-state index contributed by atoms with van der Waals surface area (Å²) in [6.45, 7) is 3.04. The molecule has 1 unspecified atom stereocenters. The van der Waals surface area contributed by atoms with E-state index in [0.717, 1.165) is 22.6 Å². The summed E-state index contributed by atoms with van der Waals surface area (Å²) in [4.78, 5) is 4.37. The molecule has 2 heterocycles. The number of hydrogen-bond donors (Lipinski definition) is 2. The Labute approximate surface area is 113 Å². The molecule has 0 fully saturated rings. The number of aryl methyl sites for hydroxylation is 1. The minimum absolute atomic E-state index is 0.102. The van der Waals surface area contributed by atoms with Gasteiger partial charge in [0.25, 0.3) is 0 Å². The Morgan fingerprint density at radius 2 is 2.47 bits per heavy atom. The van der Waals surface area contributed by atoms with Crippen LogP contribution in [0, 0.1) is 0 Å². The zero-order valence-corrected chi connectivity index (χ0v) is 12.0. The van der Waals surface area contributed by atoms with Gasteiger partial charge in [-0.2, -0.15) is 0 Å². The number of hydrogen-bond acceptors (Lipinski definition) is 4. The predicted octanol–water partition coefficient (Wildman–Crippen LogP) is 2.47. The van der Waals surface area contributed by atoms with E-state index in [-0.39, 0.29) is 6.04 Å². The van der Waals surface area contributed by atoms with Gasteiger partial charge in [-0.25, -0.2) is 4.98 Å². The lowest BCUT2D eigenvalue weighted by atomic mass is 10.1. The maximum Gasteiger partial charge on any atom is 0.110 e. The number of thiophene rings is 1. The van der Waals surface area contributed by atoms with E-state index in [1.807, 2.05) is 12.4 Å². The Hall–Kier alpha value is -0.690. The van der Waals surface area contributed by atoms with Crippen LogP contribution < -0.4 is 11.3 Å². The molecule has 6 heteroatoms. The summed E-state index contributed by atoms with van der Waals surface area (Å²) in [5, 5.41) is 2.10. The number of nitrogens with two attached hydrogens (primary N) is 1. The molecule has 0 spiro atoms. The van der Waals surface area contributed by atoms with Crippen molar-refractivity contribution in [3.05, 3.63) is 39.0 Å². The van der Waals surface area contributed by atoms with E-state index in [0.29, 0.717) is 0 Å². The van der Waals surface area contributed by atoms with Gasteiger partial charge in [0, 0.05) is 25.4 Å². The minimum atomic E-state index is 0.102. The first-order valence-corrected chi connectivity index (χ1v) is 7.12. The van der Waals surface area contributed by atoms with Crippen molar-refractivity contribution in [2.75, 3.05) is 0 Å². The second-order valence-corrected chi connectivity index (χ2v) is 6.03. The van der Waals surface area contributed by atoms with Crippen LogP contribution in [0.2, 0.25) is 0 Å².